The number of benzene rings is 2. The summed E-state index contributed by atoms with van der Waals surface area (Å²) in [6.07, 6.45) is 4.62. The van der Waals surface area contributed by atoms with Gasteiger partial charge in [-0.2, -0.15) is 12.6 Å². The maximum Gasteiger partial charge on any atom is 0.335 e. The summed E-state index contributed by atoms with van der Waals surface area (Å²) in [6.45, 7) is 1.79. The molecule has 3 unspecified atom stereocenters. The lowest BCUT2D eigenvalue weighted by molar-refractivity contribution is 0.0696. The van der Waals surface area contributed by atoms with E-state index in [1.807, 2.05) is 6.07 Å². The standard InChI is InChI=1S/C23H30O4S/c1-16(24)19(12-8-4-7-11-17-9-5-3-6-10-17)22(28)20-14-13-18(23(25)26)15-21(20)27-2/h3,5-6,9-10,13-16,19,22,24,28H,4,7-8,11-12H2,1-2H3,(H,25,26). The van der Waals surface area contributed by atoms with Crippen LogP contribution in [0, 0.1) is 5.92 Å². The van der Waals surface area contributed by atoms with Crippen LogP contribution in [-0.2, 0) is 6.42 Å². The van der Waals surface area contributed by atoms with E-state index in [2.05, 4.69) is 24.3 Å². The molecule has 0 heterocycles. The number of hydrogen-bond acceptors (Lipinski definition) is 4. The highest BCUT2D eigenvalue weighted by Gasteiger charge is 2.27. The zero-order chi connectivity index (χ0) is 20.5. The Morgan fingerprint density at radius 3 is 2.43 bits per heavy atom. The highest BCUT2D eigenvalue weighted by Crippen LogP contribution is 2.39. The van der Waals surface area contributed by atoms with Crippen LogP contribution in [0.15, 0.2) is 48.5 Å². The number of ether oxygens (including phenoxy) is 1. The molecule has 2 rings (SSSR count). The van der Waals surface area contributed by atoms with Gasteiger partial charge in [-0.05, 0) is 43.9 Å². The van der Waals surface area contributed by atoms with Gasteiger partial charge in [0.15, 0.2) is 0 Å². The molecule has 0 spiro atoms. The summed E-state index contributed by atoms with van der Waals surface area (Å²) < 4.78 is 5.39. The Labute approximate surface area is 173 Å². The first-order chi connectivity index (χ1) is 13.4. The molecule has 2 aromatic carbocycles. The molecule has 28 heavy (non-hydrogen) atoms. The third kappa shape index (κ3) is 6.28. The molecule has 3 atom stereocenters. The highest BCUT2D eigenvalue weighted by atomic mass is 32.1. The van der Waals surface area contributed by atoms with Crippen molar-refractivity contribution in [1.29, 1.82) is 0 Å². The minimum absolute atomic E-state index is 0.0374. The van der Waals surface area contributed by atoms with E-state index in [0.29, 0.717) is 5.75 Å². The predicted octanol–water partition coefficient (Wildman–Crippen LogP) is 5.16. The van der Waals surface area contributed by atoms with Crippen LogP contribution in [0.4, 0.5) is 0 Å². The molecular weight excluding hydrogens is 372 g/mol. The second-order valence-electron chi connectivity index (χ2n) is 7.20. The molecule has 0 aromatic heterocycles. The van der Waals surface area contributed by atoms with E-state index in [9.17, 15) is 9.90 Å². The van der Waals surface area contributed by atoms with Crippen molar-refractivity contribution in [1.82, 2.24) is 0 Å². The number of rotatable bonds is 11. The SMILES string of the molecule is COc1cc(C(=O)O)ccc1C(S)C(CCCCCc1ccccc1)C(C)O. The number of aryl methyl sites for hydroxylation is 1. The van der Waals surface area contributed by atoms with Crippen molar-refractivity contribution in [2.75, 3.05) is 7.11 Å². The lowest BCUT2D eigenvalue weighted by Crippen LogP contribution is -2.22. The number of thiol groups is 1. The fourth-order valence-corrected chi connectivity index (χ4v) is 4.12. The second kappa shape index (κ2) is 11.1. The summed E-state index contributed by atoms with van der Waals surface area (Å²) in [4.78, 5) is 11.2. The van der Waals surface area contributed by atoms with Gasteiger partial charge < -0.3 is 14.9 Å². The zero-order valence-corrected chi connectivity index (χ0v) is 17.4. The molecule has 0 saturated carbocycles. The number of aliphatic hydroxyl groups excluding tert-OH is 1. The summed E-state index contributed by atoms with van der Waals surface area (Å²) in [5.41, 5.74) is 2.34. The van der Waals surface area contributed by atoms with Gasteiger partial charge >= 0.3 is 5.97 Å². The van der Waals surface area contributed by atoms with Gasteiger partial charge in [0.2, 0.25) is 0 Å². The normalized spacial score (nSPS) is 14.3. The number of aromatic carboxylic acids is 1. The number of carboxylic acids is 1. The summed E-state index contributed by atoms with van der Waals surface area (Å²) in [7, 11) is 1.52. The van der Waals surface area contributed by atoms with Crippen molar-refractivity contribution in [3.05, 3.63) is 65.2 Å². The smallest absolute Gasteiger partial charge is 0.335 e. The molecule has 0 saturated heterocycles. The van der Waals surface area contributed by atoms with Gasteiger partial charge in [-0.1, -0.05) is 49.2 Å². The Balaban J connectivity index is 1.96. The van der Waals surface area contributed by atoms with E-state index in [1.54, 1.807) is 19.1 Å². The molecule has 2 aromatic rings. The first-order valence-electron chi connectivity index (χ1n) is 9.75. The van der Waals surface area contributed by atoms with Crippen LogP contribution < -0.4 is 4.74 Å². The fourth-order valence-electron chi connectivity index (χ4n) is 3.51. The molecule has 0 fully saturated rings. The molecular formula is C23H30O4S. The quantitative estimate of drug-likeness (QED) is 0.359. The summed E-state index contributed by atoms with van der Waals surface area (Å²) in [5, 5.41) is 19.2. The number of aliphatic hydroxyl groups is 1. The monoisotopic (exact) mass is 402 g/mol. The molecule has 0 radical (unpaired) electrons. The van der Waals surface area contributed by atoms with E-state index >= 15 is 0 Å². The number of unbranched alkanes of at least 4 members (excludes halogenated alkanes) is 2. The summed E-state index contributed by atoms with van der Waals surface area (Å²) >= 11 is 4.76. The number of methoxy groups -OCH3 is 1. The van der Waals surface area contributed by atoms with E-state index in [-0.39, 0.29) is 16.7 Å². The number of hydrogen-bond donors (Lipinski definition) is 3. The van der Waals surface area contributed by atoms with Crippen LogP contribution in [0.5, 0.6) is 5.75 Å². The van der Waals surface area contributed by atoms with Crippen molar-refractivity contribution < 1.29 is 19.7 Å². The minimum Gasteiger partial charge on any atom is -0.496 e. The Hall–Kier alpha value is -1.98. The maximum atomic E-state index is 11.2. The van der Waals surface area contributed by atoms with Gasteiger partial charge in [0, 0.05) is 16.7 Å². The molecule has 5 heteroatoms. The van der Waals surface area contributed by atoms with Crippen molar-refractivity contribution in [2.24, 2.45) is 5.92 Å². The molecule has 0 aliphatic carbocycles. The molecule has 2 N–H and O–H groups in total. The lowest BCUT2D eigenvalue weighted by Gasteiger charge is -2.27. The summed E-state index contributed by atoms with van der Waals surface area (Å²) in [5.74, 6) is -0.537. The predicted molar refractivity (Wildman–Crippen MR) is 115 cm³/mol. The van der Waals surface area contributed by atoms with Crippen molar-refractivity contribution in [3.63, 3.8) is 0 Å². The van der Waals surface area contributed by atoms with E-state index < -0.39 is 12.1 Å². The minimum atomic E-state index is -0.994. The van der Waals surface area contributed by atoms with Crippen LogP contribution in [0.1, 0.15) is 59.3 Å². The van der Waals surface area contributed by atoms with Crippen LogP contribution in [0.2, 0.25) is 0 Å². The Morgan fingerprint density at radius 1 is 1.11 bits per heavy atom. The van der Waals surface area contributed by atoms with Crippen LogP contribution in [0.3, 0.4) is 0 Å². The van der Waals surface area contributed by atoms with Crippen LogP contribution in [-0.4, -0.2) is 29.4 Å². The van der Waals surface area contributed by atoms with E-state index in [4.69, 9.17) is 22.5 Å². The van der Waals surface area contributed by atoms with Gasteiger partial charge in [-0.3, -0.25) is 0 Å². The Bertz CT molecular complexity index is 746. The Morgan fingerprint density at radius 2 is 1.82 bits per heavy atom. The number of carbonyl (C=O) groups is 1. The van der Waals surface area contributed by atoms with Gasteiger partial charge in [0.1, 0.15) is 5.75 Å². The Kier molecular flexibility index (Phi) is 8.87. The van der Waals surface area contributed by atoms with Gasteiger partial charge in [0.05, 0.1) is 18.8 Å². The van der Waals surface area contributed by atoms with Crippen LogP contribution in [0.25, 0.3) is 0 Å². The molecule has 0 aliphatic rings. The average molecular weight is 403 g/mol. The topological polar surface area (TPSA) is 66.8 Å². The molecule has 152 valence electrons. The first-order valence-corrected chi connectivity index (χ1v) is 10.3. The molecule has 0 amide bonds. The second-order valence-corrected chi connectivity index (χ2v) is 7.75. The van der Waals surface area contributed by atoms with Gasteiger partial charge in [-0.15, -0.1) is 0 Å². The zero-order valence-electron chi connectivity index (χ0n) is 16.5. The van der Waals surface area contributed by atoms with Crippen molar-refractivity contribution in [3.8, 4) is 5.75 Å². The average Bonchev–Trinajstić information content (AvgIpc) is 2.70. The molecule has 4 nitrogen and oxygen atoms in total. The molecule has 0 bridgehead atoms. The fraction of sp³-hybridized carbons (Fsp3) is 0.435. The number of carboxylic acid groups (broad SMARTS) is 1. The van der Waals surface area contributed by atoms with E-state index in [0.717, 1.165) is 37.7 Å². The van der Waals surface area contributed by atoms with Crippen LogP contribution >= 0.6 is 12.6 Å². The van der Waals surface area contributed by atoms with E-state index in [1.165, 1.54) is 18.7 Å². The van der Waals surface area contributed by atoms with Gasteiger partial charge in [0.25, 0.3) is 0 Å². The van der Waals surface area contributed by atoms with Crippen molar-refractivity contribution in [2.45, 2.75) is 50.4 Å². The largest absolute Gasteiger partial charge is 0.496 e. The van der Waals surface area contributed by atoms with Gasteiger partial charge in [-0.25, -0.2) is 4.79 Å². The lowest BCUT2D eigenvalue weighted by atomic mass is 9.88. The third-order valence-electron chi connectivity index (χ3n) is 5.17. The maximum absolute atomic E-state index is 11.2. The highest BCUT2D eigenvalue weighted by molar-refractivity contribution is 7.80. The summed E-state index contributed by atoms with van der Waals surface area (Å²) in [6, 6.07) is 15.3. The molecule has 0 aliphatic heterocycles. The first kappa shape index (κ1) is 22.3. The third-order valence-corrected chi connectivity index (χ3v) is 5.83. The van der Waals surface area contributed by atoms with Crippen molar-refractivity contribution >= 4 is 18.6 Å².